The van der Waals surface area contributed by atoms with Crippen molar-refractivity contribution in [2.45, 2.75) is 38.1 Å². The number of esters is 1. The fourth-order valence-electron chi connectivity index (χ4n) is 3.69. The van der Waals surface area contributed by atoms with Crippen LogP contribution in [0, 0.1) is 11.8 Å². The molecule has 1 aromatic carbocycles. The molecule has 3 atom stereocenters. The number of nitrogens with one attached hydrogen (secondary N) is 1. The number of benzene rings is 1. The van der Waals surface area contributed by atoms with E-state index < -0.39 is 22.0 Å². The molecule has 3 rings (SSSR count). The van der Waals surface area contributed by atoms with Crippen molar-refractivity contribution in [2.24, 2.45) is 16.8 Å². The Morgan fingerprint density at radius 3 is 2.57 bits per heavy atom. The summed E-state index contributed by atoms with van der Waals surface area (Å²) < 4.78 is 31.7. The zero-order valence-corrected chi connectivity index (χ0v) is 17.0. The number of likely N-dealkylation sites (tertiary alicyclic amines) is 1. The fourth-order valence-corrected chi connectivity index (χ4v) is 4.93. The Kier molecular flexibility index (Phi) is 5.74. The molecule has 28 heavy (non-hydrogen) atoms. The number of nitrogens with zero attached hydrogens (tertiary/aromatic N) is 2. The van der Waals surface area contributed by atoms with Gasteiger partial charge >= 0.3 is 5.97 Å². The first-order valence-corrected chi connectivity index (χ1v) is 10.8. The van der Waals surface area contributed by atoms with Crippen LogP contribution in [0.15, 0.2) is 34.2 Å². The van der Waals surface area contributed by atoms with Crippen molar-refractivity contribution >= 4 is 27.7 Å². The van der Waals surface area contributed by atoms with Gasteiger partial charge in [0.15, 0.2) is 6.61 Å². The topological polar surface area (TPSA) is 105 Å². The van der Waals surface area contributed by atoms with E-state index in [9.17, 15) is 18.0 Å². The number of hydrogen-bond acceptors (Lipinski definition) is 6. The van der Waals surface area contributed by atoms with Crippen molar-refractivity contribution in [3.8, 4) is 0 Å². The van der Waals surface area contributed by atoms with Crippen LogP contribution in [0.1, 0.15) is 32.8 Å². The Bertz CT molecular complexity index is 902. The summed E-state index contributed by atoms with van der Waals surface area (Å²) in [7, 11) is -3.67. The van der Waals surface area contributed by atoms with Gasteiger partial charge in [-0.25, -0.2) is 13.2 Å². The maximum atomic E-state index is 12.3. The molecule has 0 aliphatic carbocycles. The molecular formula is C19H25N3O5S. The van der Waals surface area contributed by atoms with Crippen LogP contribution in [-0.4, -0.2) is 56.8 Å². The molecule has 9 heteroatoms. The van der Waals surface area contributed by atoms with Crippen molar-refractivity contribution in [1.29, 1.82) is 0 Å². The Labute approximate surface area is 165 Å². The van der Waals surface area contributed by atoms with E-state index in [1.54, 1.807) is 23.1 Å². The Morgan fingerprint density at radius 1 is 1.25 bits per heavy atom. The van der Waals surface area contributed by atoms with Gasteiger partial charge in [-0.1, -0.05) is 26.0 Å². The number of amides is 1. The summed E-state index contributed by atoms with van der Waals surface area (Å²) >= 11 is 0. The molecule has 0 radical (unpaired) electrons. The third-order valence-electron chi connectivity index (χ3n) is 4.89. The first-order chi connectivity index (χ1) is 13.2. The first-order valence-electron chi connectivity index (χ1n) is 9.32. The summed E-state index contributed by atoms with van der Waals surface area (Å²) in [5.41, 5.74) is 0.412. The highest BCUT2D eigenvalue weighted by atomic mass is 32.2. The van der Waals surface area contributed by atoms with Gasteiger partial charge in [0, 0.05) is 18.7 Å². The number of carbonyl (C=O) groups excluding carboxylic acids is 2. The minimum absolute atomic E-state index is 0.102. The largest absolute Gasteiger partial charge is 0.454 e. The van der Waals surface area contributed by atoms with Crippen LogP contribution >= 0.6 is 0 Å². The van der Waals surface area contributed by atoms with Gasteiger partial charge in [0.05, 0.1) is 4.90 Å². The third kappa shape index (κ3) is 4.35. The molecule has 2 heterocycles. The van der Waals surface area contributed by atoms with Crippen molar-refractivity contribution in [2.75, 3.05) is 19.7 Å². The SMILES string of the molecule is CC1CC(C)CN(C(=O)COC(=O)[C@H](C)N=C2NS(=O)(=O)c3ccccc32)C1. The lowest BCUT2D eigenvalue weighted by Crippen LogP contribution is -2.44. The van der Waals surface area contributed by atoms with Gasteiger partial charge in [0.1, 0.15) is 11.9 Å². The van der Waals surface area contributed by atoms with Crippen LogP contribution in [0.5, 0.6) is 0 Å². The van der Waals surface area contributed by atoms with Crippen molar-refractivity contribution in [1.82, 2.24) is 9.62 Å². The number of sulfonamides is 1. The van der Waals surface area contributed by atoms with Gasteiger partial charge in [0.25, 0.3) is 15.9 Å². The smallest absolute Gasteiger partial charge is 0.331 e. The number of aliphatic imine (C=N–C) groups is 1. The summed E-state index contributed by atoms with van der Waals surface area (Å²) in [6.07, 6.45) is 1.08. The maximum absolute atomic E-state index is 12.3. The van der Waals surface area contributed by atoms with E-state index in [1.807, 2.05) is 0 Å². The molecule has 0 aromatic heterocycles. The predicted octanol–water partition coefficient (Wildman–Crippen LogP) is 1.16. The van der Waals surface area contributed by atoms with E-state index in [0.717, 1.165) is 6.42 Å². The van der Waals surface area contributed by atoms with Crippen molar-refractivity contribution in [3.63, 3.8) is 0 Å². The monoisotopic (exact) mass is 407 g/mol. The van der Waals surface area contributed by atoms with Gasteiger partial charge in [-0.3, -0.25) is 14.5 Å². The van der Waals surface area contributed by atoms with Crippen LogP contribution in [0.25, 0.3) is 0 Å². The van der Waals surface area contributed by atoms with Crippen LogP contribution in [0.4, 0.5) is 0 Å². The predicted molar refractivity (Wildman–Crippen MR) is 103 cm³/mol. The van der Waals surface area contributed by atoms with E-state index in [4.69, 9.17) is 4.74 Å². The van der Waals surface area contributed by atoms with Gasteiger partial charge in [-0.05, 0) is 37.3 Å². The lowest BCUT2D eigenvalue weighted by molar-refractivity contribution is -0.153. The van der Waals surface area contributed by atoms with E-state index in [-0.39, 0.29) is 23.2 Å². The minimum atomic E-state index is -3.67. The Balaban J connectivity index is 1.61. The van der Waals surface area contributed by atoms with Crippen molar-refractivity contribution in [3.05, 3.63) is 29.8 Å². The molecule has 8 nitrogen and oxygen atoms in total. The summed E-state index contributed by atoms with van der Waals surface area (Å²) in [4.78, 5) is 30.6. The number of carbonyl (C=O) groups is 2. The molecule has 2 unspecified atom stereocenters. The summed E-state index contributed by atoms with van der Waals surface area (Å²) in [6, 6.07) is 5.45. The first kappa shape index (κ1) is 20.3. The molecule has 152 valence electrons. The minimum Gasteiger partial charge on any atom is -0.454 e. The second kappa shape index (κ2) is 7.90. The molecule has 1 aromatic rings. The summed E-state index contributed by atoms with van der Waals surface area (Å²) in [5, 5.41) is 0. The number of ether oxygens (including phenoxy) is 1. The second-order valence-corrected chi connectivity index (χ2v) is 9.26. The van der Waals surface area contributed by atoms with Crippen LogP contribution in [0.3, 0.4) is 0 Å². The Hall–Kier alpha value is -2.42. The molecule has 0 saturated carbocycles. The zero-order chi connectivity index (χ0) is 20.5. The van der Waals surface area contributed by atoms with Crippen LogP contribution < -0.4 is 4.72 Å². The second-order valence-electron chi connectivity index (χ2n) is 7.61. The standard InChI is InChI=1S/C19H25N3O5S/c1-12-8-13(2)10-22(9-12)17(23)11-27-19(24)14(3)20-18-15-6-4-5-7-16(15)28(25,26)21-18/h4-7,12-14H,8-11H2,1-3H3,(H,20,21)/t12?,13?,14-/m0/s1. The third-order valence-corrected chi connectivity index (χ3v) is 6.28. The van der Waals surface area contributed by atoms with E-state index >= 15 is 0 Å². The van der Waals surface area contributed by atoms with Crippen LogP contribution in [-0.2, 0) is 24.3 Å². The van der Waals surface area contributed by atoms with Gasteiger partial charge in [-0.15, -0.1) is 0 Å². The number of rotatable bonds is 4. The van der Waals surface area contributed by atoms with Gasteiger partial charge in [0.2, 0.25) is 0 Å². The van der Waals surface area contributed by atoms with E-state index in [2.05, 4.69) is 23.6 Å². The lowest BCUT2D eigenvalue weighted by atomic mass is 9.92. The molecule has 1 N–H and O–H groups in total. The number of hydrogen-bond donors (Lipinski definition) is 1. The number of fused-ring (bicyclic) bond motifs is 1. The molecule has 1 amide bonds. The zero-order valence-electron chi connectivity index (χ0n) is 16.2. The maximum Gasteiger partial charge on any atom is 0.331 e. The van der Waals surface area contributed by atoms with Crippen LogP contribution in [0.2, 0.25) is 0 Å². The fraction of sp³-hybridized carbons (Fsp3) is 0.526. The molecular weight excluding hydrogens is 382 g/mol. The van der Waals surface area contributed by atoms with Gasteiger partial charge in [-0.2, -0.15) is 0 Å². The van der Waals surface area contributed by atoms with E-state index in [0.29, 0.717) is 30.5 Å². The molecule has 1 fully saturated rings. The average molecular weight is 407 g/mol. The molecule has 0 bridgehead atoms. The van der Waals surface area contributed by atoms with Crippen molar-refractivity contribution < 1.29 is 22.7 Å². The molecule has 1 saturated heterocycles. The lowest BCUT2D eigenvalue weighted by Gasteiger charge is -2.34. The molecule has 2 aliphatic rings. The summed E-state index contributed by atoms with van der Waals surface area (Å²) in [5.74, 6) is 0.0412. The number of piperidine rings is 1. The average Bonchev–Trinajstić information content (AvgIpc) is 2.89. The number of amidine groups is 1. The Morgan fingerprint density at radius 2 is 1.89 bits per heavy atom. The molecule has 2 aliphatic heterocycles. The molecule has 0 spiro atoms. The van der Waals surface area contributed by atoms with Gasteiger partial charge < -0.3 is 9.64 Å². The highest BCUT2D eigenvalue weighted by Gasteiger charge is 2.31. The highest BCUT2D eigenvalue weighted by Crippen LogP contribution is 2.23. The summed E-state index contributed by atoms with van der Waals surface area (Å²) in [6.45, 7) is 6.69. The quantitative estimate of drug-likeness (QED) is 0.754. The highest BCUT2D eigenvalue weighted by molar-refractivity contribution is 7.90. The van der Waals surface area contributed by atoms with E-state index in [1.165, 1.54) is 13.0 Å². The normalized spacial score (nSPS) is 25.7.